The van der Waals surface area contributed by atoms with Gasteiger partial charge in [-0.25, -0.2) is 13.8 Å². The Morgan fingerprint density at radius 1 is 1.21 bits per heavy atom. The summed E-state index contributed by atoms with van der Waals surface area (Å²) in [6.07, 6.45) is 5.25. The molecule has 0 saturated carbocycles. The van der Waals surface area contributed by atoms with Gasteiger partial charge in [-0.2, -0.15) is 8.78 Å². The third-order valence-corrected chi connectivity index (χ3v) is 5.51. The molecule has 0 aromatic heterocycles. The van der Waals surface area contributed by atoms with Crippen LogP contribution in [0.15, 0.2) is 30.5 Å². The first-order valence-electron chi connectivity index (χ1n) is 9.84. The van der Waals surface area contributed by atoms with Gasteiger partial charge in [-0.15, -0.1) is 0 Å². The number of benzene rings is 1. The summed E-state index contributed by atoms with van der Waals surface area (Å²) in [7, 11) is 0. The van der Waals surface area contributed by atoms with Gasteiger partial charge >= 0.3 is 6.61 Å². The molecule has 1 atom stereocenters. The predicted octanol–water partition coefficient (Wildman–Crippen LogP) is 2.77. The molecule has 1 fully saturated rings. The van der Waals surface area contributed by atoms with Crippen LogP contribution in [0.3, 0.4) is 0 Å². The molecule has 3 aliphatic rings. The van der Waals surface area contributed by atoms with Crippen LogP contribution in [0.2, 0.25) is 0 Å². The molecular formula is C20H25F4N3O2. The van der Waals surface area contributed by atoms with Crippen LogP contribution in [-0.2, 0) is 17.6 Å². The molecule has 160 valence electrons. The van der Waals surface area contributed by atoms with Gasteiger partial charge in [0.05, 0.1) is 25.7 Å². The molecule has 0 N–H and O–H groups in total. The van der Waals surface area contributed by atoms with Gasteiger partial charge in [0.1, 0.15) is 12.4 Å². The lowest BCUT2D eigenvalue weighted by Gasteiger charge is -2.42. The average molecular weight is 415 g/mol. The average Bonchev–Trinajstić information content (AvgIpc) is 3.12. The van der Waals surface area contributed by atoms with E-state index in [2.05, 4.69) is 20.8 Å². The van der Waals surface area contributed by atoms with Gasteiger partial charge in [0.2, 0.25) is 0 Å². The van der Waals surface area contributed by atoms with Crippen molar-refractivity contribution in [1.29, 1.82) is 0 Å². The number of hydrogen-bond acceptors (Lipinski definition) is 5. The van der Waals surface area contributed by atoms with Crippen LogP contribution in [0.1, 0.15) is 11.1 Å². The van der Waals surface area contributed by atoms with E-state index >= 15 is 0 Å². The molecule has 0 radical (unpaired) electrons. The second-order valence-electron chi connectivity index (χ2n) is 7.74. The van der Waals surface area contributed by atoms with Crippen LogP contribution in [-0.4, -0.2) is 79.4 Å². The summed E-state index contributed by atoms with van der Waals surface area (Å²) in [5, 5.41) is 4.28. The number of alkyl halides is 4. The lowest BCUT2D eigenvalue weighted by Crippen LogP contribution is -2.58. The number of fused-ring (bicyclic) bond motifs is 1. The minimum atomic E-state index is -2.75. The first-order chi connectivity index (χ1) is 13.9. The smallest absolute Gasteiger partial charge is 0.345 e. The van der Waals surface area contributed by atoms with Crippen molar-refractivity contribution in [3.05, 3.63) is 41.6 Å². The Labute approximate surface area is 167 Å². The molecule has 1 aromatic rings. The molecule has 0 spiro atoms. The largest absolute Gasteiger partial charge is 0.491 e. The zero-order chi connectivity index (χ0) is 20.4. The standard InChI is InChI=1S/C20H25F4N3O2/c21-19(22)28-9-4-15-2-3-18-16(10-15)11-17(12-29-18)27-6-1-5-26(27)8-7-25-13-20(23,24)14-25/h1-3,6,10,17,19H,4-5,7-9,11-14H2. The minimum Gasteiger partial charge on any atom is -0.491 e. The molecule has 4 rings (SSSR count). The Kier molecular flexibility index (Phi) is 5.98. The number of nitrogens with zero attached hydrogens (tertiary/aromatic N) is 3. The van der Waals surface area contributed by atoms with E-state index in [9.17, 15) is 17.6 Å². The van der Waals surface area contributed by atoms with Crippen molar-refractivity contribution >= 4 is 0 Å². The number of halogens is 4. The summed E-state index contributed by atoms with van der Waals surface area (Å²) in [6, 6.07) is 5.85. The maximum Gasteiger partial charge on any atom is 0.345 e. The zero-order valence-electron chi connectivity index (χ0n) is 16.1. The highest BCUT2D eigenvalue weighted by atomic mass is 19.3. The molecule has 9 heteroatoms. The number of ether oxygens (including phenoxy) is 2. The molecule has 1 unspecified atom stereocenters. The van der Waals surface area contributed by atoms with Gasteiger partial charge < -0.3 is 14.5 Å². The normalized spacial score (nSPS) is 23.9. The number of likely N-dealkylation sites (tertiary alicyclic amines) is 1. The molecule has 1 aromatic carbocycles. The van der Waals surface area contributed by atoms with E-state index in [-0.39, 0.29) is 25.7 Å². The molecule has 1 saturated heterocycles. The Morgan fingerprint density at radius 2 is 2.03 bits per heavy atom. The van der Waals surface area contributed by atoms with Crippen LogP contribution in [0, 0.1) is 0 Å². The highest BCUT2D eigenvalue weighted by molar-refractivity contribution is 5.39. The summed E-state index contributed by atoms with van der Waals surface area (Å²) in [5.74, 6) is -1.72. The van der Waals surface area contributed by atoms with Crippen LogP contribution < -0.4 is 4.74 Å². The van der Waals surface area contributed by atoms with Crippen molar-refractivity contribution < 1.29 is 27.0 Å². The van der Waals surface area contributed by atoms with E-state index < -0.39 is 12.5 Å². The Bertz CT molecular complexity index is 738. The van der Waals surface area contributed by atoms with Gasteiger partial charge in [0.25, 0.3) is 5.92 Å². The van der Waals surface area contributed by atoms with Gasteiger partial charge in [0.15, 0.2) is 0 Å². The molecule has 0 amide bonds. The van der Waals surface area contributed by atoms with Crippen molar-refractivity contribution in [2.45, 2.75) is 31.4 Å². The highest BCUT2D eigenvalue weighted by Gasteiger charge is 2.43. The van der Waals surface area contributed by atoms with Crippen molar-refractivity contribution in [3.63, 3.8) is 0 Å². The summed E-state index contributed by atoms with van der Waals surface area (Å²) < 4.78 is 60.6. The maximum atomic E-state index is 13.0. The van der Waals surface area contributed by atoms with Crippen molar-refractivity contribution in [2.75, 3.05) is 45.9 Å². The molecule has 29 heavy (non-hydrogen) atoms. The number of hydrazine groups is 1. The molecular weight excluding hydrogens is 390 g/mol. The second kappa shape index (κ2) is 8.49. The van der Waals surface area contributed by atoms with E-state index in [1.807, 2.05) is 24.4 Å². The summed E-state index contributed by atoms with van der Waals surface area (Å²) in [6.45, 7) is -0.542. The Balaban J connectivity index is 1.32. The molecule has 0 aliphatic carbocycles. The van der Waals surface area contributed by atoms with Crippen LogP contribution in [0.5, 0.6) is 5.75 Å². The summed E-state index contributed by atoms with van der Waals surface area (Å²) in [4.78, 5) is 1.76. The Hall–Kier alpha value is -1.84. The van der Waals surface area contributed by atoms with E-state index in [4.69, 9.17) is 4.74 Å². The Morgan fingerprint density at radius 3 is 2.79 bits per heavy atom. The van der Waals surface area contributed by atoms with Crippen molar-refractivity contribution in [2.24, 2.45) is 0 Å². The second-order valence-corrected chi connectivity index (χ2v) is 7.74. The first-order valence-corrected chi connectivity index (χ1v) is 9.84. The lowest BCUT2D eigenvalue weighted by molar-refractivity contribution is -0.135. The predicted molar refractivity (Wildman–Crippen MR) is 99.0 cm³/mol. The molecule has 3 aliphatic heterocycles. The highest BCUT2D eigenvalue weighted by Crippen LogP contribution is 2.30. The van der Waals surface area contributed by atoms with Crippen molar-refractivity contribution in [3.8, 4) is 5.75 Å². The quantitative estimate of drug-likeness (QED) is 0.609. The van der Waals surface area contributed by atoms with E-state index in [1.54, 1.807) is 4.90 Å². The van der Waals surface area contributed by atoms with Crippen LogP contribution in [0.25, 0.3) is 0 Å². The molecule has 3 heterocycles. The van der Waals surface area contributed by atoms with Gasteiger partial charge in [-0.3, -0.25) is 4.90 Å². The monoisotopic (exact) mass is 415 g/mol. The number of rotatable bonds is 8. The summed E-state index contributed by atoms with van der Waals surface area (Å²) >= 11 is 0. The lowest BCUT2D eigenvalue weighted by atomic mass is 9.99. The zero-order valence-corrected chi connectivity index (χ0v) is 16.1. The van der Waals surface area contributed by atoms with E-state index in [0.29, 0.717) is 26.1 Å². The third kappa shape index (κ3) is 5.02. The SMILES string of the molecule is FC(F)OCCc1ccc2c(c1)CC(N1C=CCN1CCN1CC(F)(F)C1)CO2. The van der Waals surface area contributed by atoms with E-state index in [1.165, 1.54) is 0 Å². The van der Waals surface area contributed by atoms with Gasteiger partial charge in [0, 0.05) is 32.3 Å². The topological polar surface area (TPSA) is 28.2 Å². The summed E-state index contributed by atoms with van der Waals surface area (Å²) in [5.41, 5.74) is 1.97. The maximum absolute atomic E-state index is 13.0. The molecule has 0 bridgehead atoms. The number of hydrogen-bond donors (Lipinski definition) is 0. The third-order valence-electron chi connectivity index (χ3n) is 5.51. The van der Waals surface area contributed by atoms with Crippen LogP contribution in [0.4, 0.5) is 17.6 Å². The van der Waals surface area contributed by atoms with Crippen LogP contribution >= 0.6 is 0 Å². The fourth-order valence-corrected chi connectivity index (χ4v) is 4.07. The fraction of sp³-hybridized carbons (Fsp3) is 0.600. The van der Waals surface area contributed by atoms with E-state index in [0.717, 1.165) is 29.8 Å². The fourth-order valence-electron chi connectivity index (χ4n) is 4.07. The van der Waals surface area contributed by atoms with Gasteiger partial charge in [-0.05, 0) is 23.6 Å². The first kappa shape index (κ1) is 20.4. The minimum absolute atomic E-state index is 0.0288. The molecule has 5 nitrogen and oxygen atoms in total. The van der Waals surface area contributed by atoms with Gasteiger partial charge in [-0.1, -0.05) is 18.2 Å². The van der Waals surface area contributed by atoms with Crippen molar-refractivity contribution in [1.82, 2.24) is 14.9 Å².